The van der Waals surface area contributed by atoms with Crippen LogP contribution >= 0.6 is 15.9 Å². The van der Waals surface area contributed by atoms with Crippen molar-refractivity contribution in [2.24, 2.45) is 0 Å². The van der Waals surface area contributed by atoms with Crippen molar-refractivity contribution in [3.63, 3.8) is 0 Å². The molecule has 0 amide bonds. The van der Waals surface area contributed by atoms with Gasteiger partial charge in [0.15, 0.2) is 5.78 Å². The Morgan fingerprint density at radius 2 is 1.86 bits per heavy atom. The largest absolute Gasteiger partial charge is 0.496 e. The average molecular weight is 353 g/mol. The topological polar surface area (TPSA) is 35.5 Å². The Morgan fingerprint density at radius 3 is 2.52 bits per heavy atom. The van der Waals surface area contributed by atoms with Gasteiger partial charge in [-0.2, -0.15) is 0 Å². The van der Waals surface area contributed by atoms with E-state index in [-0.39, 0.29) is 23.5 Å². The average Bonchev–Trinajstić information content (AvgIpc) is 2.47. The summed E-state index contributed by atoms with van der Waals surface area (Å²) in [5, 5.41) is 0. The fraction of sp³-hybridized carbons (Fsp3) is 0.188. The summed E-state index contributed by atoms with van der Waals surface area (Å²) in [5.41, 5.74) is 0.643. The van der Waals surface area contributed by atoms with Crippen molar-refractivity contribution in [3.8, 4) is 11.5 Å². The van der Waals surface area contributed by atoms with E-state index >= 15 is 0 Å². The molecule has 21 heavy (non-hydrogen) atoms. The predicted molar refractivity (Wildman–Crippen MR) is 81.7 cm³/mol. The van der Waals surface area contributed by atoms with Gasteiger partial charge >= 0.3 is 0 Å². The van der Waals surface area contributed by atoms with Gasteiger partial charge in [-0.1, -0.05) is 22.0 Å². The first-order valence-corrected chi connectivity index (χ1v) is 7.04. The molecule has 0 aliphatic heterocycles. The van der Waals surface area contributed by atoms with Crippen molar-refractivity contribution in [2.75, 3.05) is 14.2 Å². The van der Waals surface area contributed by atoms with Crippen LogP contribution in [0.1, 0.15) is 15.9 Å². The smallest absolute Gasteiger partial charge is 0.174 e. The van der Waals surface area contributed by atoms with E-state index < -0.39 is 5.82 Å². The molecule has 0 saturated heterocycles. The van der Waals surface area contributed by atoms with Gasteiger partial charge in [0.05, 0.1) is 19.8 Å². The van der Waals surface area contributed by atoms with E-state index in [1.165, 1.54) is 26.4 Å². The normalized spacial score (nSPS) is 10.3. The van der Waals surface area contributed by atoms with E-state index in [4.69, 9.17) is 9.47 Å². The SMILES string of the molecule is COc1ccc(Br)cc1CC(=O)c1c(F)cccc1OC. The van der Waals surface area contributed by atoms with E-state index in [1.807, 2.05) is 6.07 Å². The van der Waals surface area contributed by atoms with Crippen LogP contribution in [0.25, 0.3) is 0 Å². The van der Waals surface area contributed by atoms with Crippen LogP contribution in [0, 0.1) is 5.82 Å². The van der Waals surface area contributed by atoms with Crippen molar-refractivity contribution in [1.29, 1.82) is 0 Å². The molecule has 0 atom stereocenters. The van der Waals surface area contributed by atoms with Crippen molar-refractivity contribution in [2.45, 2.75) is 6.42 Å². The zero-order chi connectivity index (χ0) is 15.4. The fourth-order valence-corrected chi connectivity index (χ4v) is 2.50. The van der Waals surface area contributed by atoms with Crippen molar-refractivity contribution < 1.29 is 18.7 Å². The van der Waals surface area contributed by atoms with Crippen LogP contribution in [0.2, 0.25) is 0 Å². The number of ether oxygens (including phenoxy) is 2. The molecule has 0 bridgehead atoms. The summed E-state index contributed by atoms with van der Waals surface area (Å²) in [6.07, 6.45) is 0.0277. The Morgan fingerprint density at radius 1 is 1.14 bits per heavy atom. The number of Topliss-reactive ketones (excluding diaryl/α,β-unsaturated/α-hetero) is 1. The number of ketones is 1. The Bertz CT molecular complexity index is 671. The maximum atomic E-state index is 13.9. The number of rotatable bonds is 5. The minimum absolute atomic E-state index is 0.0277. The van der Waals surface area contributed by atoms with Crippen molar-refractivity contribution in [1.82, 2.24) is 0 Å². The molecule has 2 aromatic rings. The summed E-state index contributed by atoms with van der Waals surface area (Å²) >= 11 is 3.35. The second-order valence-electron chi connectivity index (χ2n) is 4.37. The second-order valence-corrected chi connectivity index (χ2v) is 5.29. The Hall–Kier alpha value is -1.88. The number of benzene rings is 2. The molecule has 5 heteroatoms. The molecule has 0 radical (unpaired) electrons. The Balaban J connectivity index is 2.37. The van der Waals surface area contributed by atoms with Crippen LogP contribution in [0.5, 0.6) is 11.5 Å². The molecule has 0 fully saturated rings. The first-order chi connectivity index (χ1) is 10.1. The molecular weight excluding hydrogens is 339 g/mol. The lowest BCUT2D eigenvalue weighted by Crippen LogP contribution is -2.09. The molecule has 2 aromatic carbocycles. The summed E-state index contributed by atoms with van der Waals surface area (Å²) in [6, 6.07) is 9.67. The van der Waals surface area contributed by atoms with Gasteiger partial charge in [0, 0.05) is 16.5 Å². The number of hydrogen-bond donors (Lipinski definition) is 0. The van der Waals surface area contributed by atoms with E-state index in [2.05, 4.69) is 15.9 Å². The summed E-state index contributed by atoms with van der Waals surface area (Å²) in [6.45, 7) is 0. The molecule has 0 N–H and O–H groups in total. The van der Waals surface area contributed by atoms with Crippen LogP contribution in [0.3, 0.4) is 0 Å². The lowest BCUT2D eigenvalue weighted by atomic mass is 10.0. The number of carbonyl (C=O) groups excluding carboxylic acids is 1. The number of halogens is 2. The number of carbonyl (C=O) groups is 1. The highest BCUT2D eigenvalue weighted by atomic mass is 79.9. The van der Waals surface area contributed by atoms with Crippen LogP contribution in [0.15, 0.2) is 40.9 Å². The summed E-state index contributed by atoms with van der Waals surface area (Å²) < 4.78 is 25.0. The minimum Gasteiger partial charge on any atom is -0.496 e. The maximum absolute atomic E-state index is 13.9. The minimum atomic E-state index is -0.590. The van der Waals surface area contributed by atoms with Gasteiger partial charge in [-0.25, -0.2) is 4.39 Å². The quantitative estimate of drug-likeness (QED) is 0.762. The zero-order valence-corrected chi connectivity index (χ0v) is 13.2. The number of hydrogen-bond acceptors (Lipinski definition) is 3. The molecule has 0 saturated carbocycles. The monoisotopic (exact) mass is 352 g/mol. The van der Waals surface area contributed by atoms with Crippen LogP contribution in [-0.4, -0.2) is 20.0 Å². The predicted octanol–water partition coefficient (Wildman–Crippen LogP) is 4.03. The molecule has 0 aliphatic carbocycles. The molecule has 0 heterocycles. The molecule has 2 rings (SSSR count). The zero-order valence-electron chi connectivity index (χ0n) is 11.7. The van der Waals surface area contributed by atoms with E-state index in [0.717, 1.165) is 4.47 Å². The number of methoxy groups -OCH3 is 2. The summed E-state index contributed by atoms with van der Waals surface area (Å²) in [7, 11) is 2.94. The van der Waals surface area contributed by atoms with Crippen LogP contribution < -0.4 is 9.47 Å². The van der Waals surface area contributed by atoms with Crippen molar-refractivity contribution >= 4 is 21.7 Å². The highest BCUT2D eigenvalue weighted by molar-refractivity contribution is 9.10. The van der Waals surface area contributed by atoms with Gasteiger partial charge < -0.3 is 9.47 Å². The molecule has 110 valence electrons. The Labute approximate surface area is 130 Å². The summed E-state index contributed by atoms with van der Waals surface area (Å²) in [5.74, 6) is -0.134. The fourth-order valence-electron chi connectivity index (χ4n) is 2.09. The van der Waals surface area contributed by atoms with Gasteiger partial charge in [-0.15, -0.1) is 0 Å². The summed E-state index contributed by atoms with van der Waals surface area (Å²) in [4.78, 5) is 12.4. The molecule has 0 unspecified atom stereocenters. The van der Waals surface area contributed by atoms with Gasteiger partial charge in [0.2, 0.25) is 0 Å². The third kappa shape index (κ3) is 3.42. The van der Waals surface area contributed by atoms with Crippen LogP contribution in [0.4, 0.5) is 4.39 Å². The van der Waals surface area contributed by atoms with Gasteiger partial charge in [-0.3, -0.25) is 4.79 Å². The highest BCUT2D eigenvalue weighted by Gasteiger charge is 2.19. The third-order valence-corrected chi connectivity index (χ3v) is 3.56. The molecule has 0 spiro atoms. The first kappa shape index (κ1) is 15.5. The Kier molecular flexibility index (Phi) is 4.96. The second kappa shape index (κ2) is 6.72. The van der Waals surface area contributed by atoms with E-state index in [1.54, 1.807) is 18.2 Å². The molecular formula is C16H14BrFO3. The van der Waals surface area contributed by atoms with Crippen molar-refractivity contribution in [3.05, 3.63) is 57.8 Å². The van der Waals surface area contributed by atoms with E-state index in [9.17, 15) is 9.18 Å². The molecule has 0 aliphatic rings. The van der Waals surface area contributed by atoms with Gasteiger partial charge in [0.1, 0.15) is 17.3 Å². The lowest BCUT2D eigenvalue weighted by Gasteiger charge is -2.11. The lowest BCUT2D eigenvalue weighted by molar-refractivity contribution is 0.0985. The highest BCUT2D eigenvalue weighted by Crippen LogP contribution is 2.27. The first-order valence-electron chi connectivity index (χ1n) is 6.25. The van der Waals surface area contributed by atoms with E-state index in [0.29, 0.717) is 11.3 Å². The van der Waals surface area contributed by atoms with Gasteiger partial charge in [0.25, 0.3) is 0 Å². The third-order valence-electron chi connectivity index (χ3n) is 3.07. The maximum Gasteiger partial charge on any atom is 0.174 e. The molecule has 0 aromatic heterocycles. The van der Waals surface area contributed by atoms with Gasteiger partial charge in [-0.05, 0) is 30.3 Å². The van der Waals surface area contributed by atoms with Crippen LogP contribution in [-0.2, 0) is 6.42 Å². The molecule has 3 nitrogen and oxygen atoms in total. The standard InChI is InChI=1S/C16H14BrFO3/c1-20-14-7-6-11(17)8-10(14)9-13(19)16-12(18)4-3-5-15(16)21-2/h3-8H,9H2,1-2H3.